The smallest absolute Gasteiger partial charge is 0.159 e. The highest BCUT2D eigenvalue weighted by Crippen LogP contribution is 2.37. The highest BCUT2D eigenvalue weighted by Gasteiger charge is 2.22. The first kappa shape index (κ1) is 15.7. The second-order valence-corrected chi connectivity index (χ2v) is 6.54. The Labute approximate surface area is 138 Å². The highest BCUT2D eigenvalue weighted by molar-refractivity contribution is 5.56. The molecular weight excluding hydrogens is 282 g/mol. The SMILES string of the molecule is CCC[C@H]1CC[C@H](c2cnc(-c3ccc(C#N)cc3)nc2)CC1. The molecule has 0 unspecified atom stereocenters. The van der Waals surface area contributed by atoms with Gasteiger partial charge in [0.15, 0.2) is 5.82 Å². The summed E-state index contributed by atoms with van der Waals surface area (Å²) in [6.45, 7) is 2.28. The number of rotatable bonds is 4. The molecule has 0 radical (unpaired) electrons. The third-order valence-electron chi connectivity index (χ3n) is 4.96. The first-order valence-electron chi connectivity index (χ1n) is 8.62. The number of nitrogens with zero attached hydrogens (tertiary/aromatic N) is 3. The minimum absolute atomic E-state index is 0.623. The van der Waals surface area contributed by atoms with E-state index in [9.17, 15) is 0 Å². The Kier molecular flexibility index (Phi) is 5.02. The molecule has 0 saturated heterocycles. The van der Waals surface area contributed by atoms with Gasteiger partial charge in [-0.1, -0.05) is 19.8 Å². The van der Waals surface area contributed by atoms with Gasteiger partial charge in [0.2, 0.25) is 0 Å². The minimum Gasteiger partial charge on any atom is -0.236 e. The van der Waals surface area contributed by atoms with E-state index >= 15 is 0 Å². The molecular formula is C20H23N3. The lowest BCUT2D eigenvalue weighted by Gasteiger charge is -2.28. The largest absolute Gasteiger partial charge is 0.236 e. The van der Waals surface area contributed by atoms with Crippen LogP contribution in [0.1, 0.15) is 62.5 Å². The maximum atomic E-state index is 8.85. The zero-order valence-corrected chi connectivity index (χ0v) is 13.7. The van der Waals surface area contributed by atoms with E-state index in [1.54, 1.807) is 0 Å². The predicted octanol–water partition coefficient (Wildman–Crippen LogP) is 5.09. The predicted molar refractivity (Wildman–Crippen MR) is 91.8 cm³/mol. The normalized spacial score (nSPS) is 20.9. The molecule has 1 aromatic carbocycles. The van der Waals surface area contributed by atoms with Gasteiger partial charge in [-0.25, -0.2) is 9.97 Å². The van der Waals surface area contributed by atoms with Gasteiger partial charge in [-0.3, -0.25) is 0 Å². The zero-order chi connectivity index (χ0) is 16.1. The maximum Gasteiger partial charge on any atom is 0.159 e. The van der Waals surface area contributed by atoms with Crippen molar-refractivity contribution in [2.45, 2.75) is 51.4 Å². The Morgan fingerprint density at radius 1 is 1.04 bits per heavy atom. The van der Waals surface area contributed by atoms with Crippen molar-refractivity contribution in [3.8, 4) is 17.5 Å². The fourth-order valence-electron chi connectivity index (χ4n) is 3.58. The van der Waals surface area contributed by atoms with Crippen LogP contribution in [-0.2, 0) is 0 Å². The van der Waals surface area contributed by atoms with E-state index in [-0.39, 0.29) is 0 Å². The van der Waals surface area contributed by atoms with Crippen molar-refractivity contribution in [1.82, 2.24) is 9.97 Å². The molecule has 1 fully saturated rings. The third-order valence-corrected chi connectivity index (χ3v) is 4.96. The van der Waals surface area contributed by atoms with Crippen molar-refractivity contribution < 1.29 is 0 Å². The summed E-state index contributed by atoms with van der Waals surface area (Å²) < 4.78 is 0. The van der Waals surface area contributed by atoms with Crippen LogP contribution in [0.4, 0.5) is 0 Å². The van der Waals surface area contributed by atoms with Gasteiger partial charge in [0, 0.05) is 18.0 Å². The first-order chi connectivity index (χ1) is 11.3. The van der Waals surface area contributed by atoms with Crippen molar-refractivity contribution in [3.63, 3.8) is 0 Å². The van der Waals surface area contributed by atoms with Crippen molar-refractivity contribution in [2.75, 3.05) is 0 Å². The van der Waals surface area contributed by atoms with E-state index in [1.807, 2.05) is 36.7 Å². The van der Waals surface area contributed by atoms with Crippen molar-refractivity contribution in [1.29, 1.82) is 5.26 Å². The molecule has 0 amide bonds. The molecule has 2 aromatic rings. The van der Waals surface area contributed by atoms with Crippen molar-refractivity contribution >= 4 is 0 Å². The van der Waals surface area contributed by atoms with E-state index < -0.39 is 0 Å². The van der Waals surface area contributed by atoms with Crippen LogP contribution < -0.4 is 0 Å². The quantitative estimate of drug-likeness (QED) is 0.790. The molecule has 0 spiro atoms. The van der Waals surface area contributed by atoms with E-state index in [4.69, 9.17) is 5.26 Å². The van der Waals surface area contributed by atoms with Gasteiger partial charge in [0.25, 0.3) is 0 Å². The molecule has 1 aliphatic rings. The van der Waals surface area contributed by atoms with Crippen LogP contribution in [0.3, 0.4) is 0 Å². The second kappa shape index (κ2) is 7.37. The number of nitriles is 1. The summed E-state index contributed by atoms with van der Waals surface area (Å²) in [4.78, 5) is 9.08. The molecule has 23 heavy (non-hydrogen) atoms. The molecule has 1 aromatic heterocycles. The van der Waals surface area contributed by atoms with Gasteiger partial charge >= 0.3 is 0 Å². The number of benzene rings is 1. The lowest BCUT2D eigenvalue weighted by molar-refractivity contribution is 0.308. The number of hydrogen-bond acceptors (Lipinski definition) is 3. The molecule has 0 bridgehead atoms. The molecule has 118 valence electrons. The van der Waals surface area contributed by atoms with Gasteiger partial charge in [0.1, 0.15) is 0 Å². The van der Waals surface area contributed by atoms with Crippen molar-refractivity contribution in [2.24, 2.45) is 5.92 Å². The standard InChI is InChI=1S/C20H23N3/c1-2-3-15-4-8-17(9-5-15)19-13-22-20(23-14-19)18-10-6-16(12-21)7-11-18/h6-7,10-11,13-15,17H,2-5,8-9H2,1H3/t15-,17-. The van der Waals surface area contributed by atoms with E-state index in [0.717, 1.165) is 17.3 Å². The number of aromatic nitrogens is 2. The molecule has 0 aliphatic heterocycles. The van der Waals surface area contributed by atoms with Crippen LogP contribution in [0.2, 0.25) is 0 Å². The van der Waals surface area contributed by atoms with Crippen LogP contribution in [0, 0.1) is 17.2 Å². The summed E-state index contributed by atoms with van der Waals surface area (Å²) in [5.41, 5.74) is 2.90. The Morgan fingerprint density at radius 3 is 2.26 bits per heavy atom. The fraction of sp³-hybridized carbons (Fsp3) is 0.450. The zero-order valence-electron chi connectivity index (χ0n) is 13.7. The molecule has 1 saturated carbocycles. The summed E-state index contributed by atoms with van der Waals surface area (Å²) in [6.07, 6.45) is 11.9. The van der Waals surface area contributed by atoms with Crippen molar-refractivity contribution in [3.05, 3.63) is 47.8 Å². The molecule has 3 heteroatoms. The Morgan fingerprint density at radius 2 is 1.70 bits per heavy atom. The first-order valence-corrected chi connectivity index (χ1v) is 8.62. The summed E-state index contributed by atoms with van der Waals surface area (Å²) in [6, 6.07) is 9.56. The molecule has 1 aliphatic carbocycles. The summed E-state index contributed by atoms with van der Waals surface area (Å²) in [7, 11) is 0. The Balaban J connectivity index is 1.66. The van der Waals surface area contributed by atoms with E-state index in [1.165, 1.54) is 44.1 Å². The molecule has 0 atom stereocenters. The minimum atomic E-state index is 0.623. The second-order valence-electron chi connectivity index (χ2n) is 6.54. The van der Waals surface area contributed by atoms with Gasteiger partial charge in [-0.2, -0.15) is 5.26 Å². The van der Waals surface area contributed by atoms with E-state index in [2.05, 4.69) is 23.0 Å². The molecule has 1 heterocycles. The van der Waals surface area contributed by atoms with Crippen LogP contribution in [0.15, 0.2) is 36.7 Å². The van der Waals surface area contributed by atoms with Crippen LogP contribution in [0.25, 0.3) is 11.4 Å². The van der Waals surface area contributed by atoms with Gasteiger partial charge < -0.3 is 0 Å². The lowest BCUT2D eigenvalue weighted by Crippen LogP contribution is -2.13. The maximum absolute atomic E-state index is 8.85. The summed E-state index contributed by atoms with van der Waals surface area (Å²) >= 11 is 0. The van der Waals surface area contributed by atoms with Crippen LogP contribution in [0.5, 0.6) is 0 Å². The van der Waals surface area contributed by atoms with Gasteiger partial charge in [-0.15, -0.1) is 0 Å². The van der Waals surface area contributed by atoms with Crippen LogP contribution >= 0.6 is 0 Å². The van der Waals surface area contributed by atoms with Gasteiger partial charge in [-0.05, 0) is 67.3 Å². The van der Waals surface area contributed by atoms with E-state index in [0.29, 0.717) is 11.5 Å². The number of hydrogen-bond donors (Lipinski definition) is 0. The topological polar surface area (TPSA) is 49.6 Å². The van der Waals surface area contributed by atoms with Gasteiger partial charge in [0.05, 0.1) is 11.6 Å². The average molecular weight is 305 g/mol. The molecule has 3 rings (SSSR count). The average Bonchev–Trinajstić information content (AvgIpc) is 2.63. The third kappa shape index (κ3) is 3.76. The Bertz CT molecular complexity index is 660. The molecule has 3 nitrogen and oxygen atoms in total. The summed E-state index contributed by atoms with van der Waals surface area (Å²) in [5.74, 6) is 2.28. The lowest BCUT2D eigenvalue weighted by atomic mass is 9.78. The highest BCUT2D eigenvalue weighted by atomic mass is 14.9. The molecule has 0 N–H and O–H groups in total. The fourth-order valence-corrected chi connectivity index (χ4v) is 3.58. The Hall–Kier alpha value is -2.21. The van der Waals surface area contributed by atoms with Crippen LogP contribution in [-0.4, -0.2) is 9.97 Å². The summed E-state index contributed by atoms with van der Waals surface area (Å²) in [5, 5.41) is 8.85. The monoisotopic (exact) mass is 305 g/mol.